The zero-order valence-corrected chi connectivity index (χ0v) is 13.4. The molecule has 2 aromatic heterocycles. The van der Waals surface area contributed by atoms with E-state index in [9.17, 15) is 4.79 Å². The van der Waals surface area contributed by atoms with Crippen LogP contribution in [0, 0.1) is 13.8 Å². The van der Waals surface area contributed by atoms with Gasteiger partial charge in [0.15, 0.2) is 0 Å². The lowest BCUT2D eigenvalue weighted by atomic mass is 10.1. The highest BCUT2D eigenvalue weighted by Crippen LogP contribution is 2.23. The molecule has 3 aromatic rings. The molecule has 0 atom stereocenters. The van der Waals surface area contributed by atoms with Crippen LogP contribution in [-0.2, 0) is 19.5 Å². The first-order valence-electron chi connectivity index (χ1n) is 7.98. The summed E-state index contributed by atoms with van der Waals surface area (Å²) in [6.07, 6.45) is 2.92. The van der Waals surface area contributed by atoms with Crippen molar-refractivity contribution >= 4 is 10.9 Å². The van der Waals surface area contributed by atoms with Gasteiger partial charge >= 0.3 is 0 Å². The smallest absolute Gasteiger partial charge is 0.255 e. The molecule has 4 rings (SSSR count). The topological polar surface area (TPSA) is 64.8 Å². The summed E-state index contributed by atoms with van der Waals surface area (Å²) in [6.45, 7) is 6.39. The third-order valence-corrected chi connectivity index (χ3v) is 4.58. The van der Waals surface area contributed by atoms with Gasteiger partial charge in [0.25, 0.3) is 5.56 Å². The molecule has 1 aliphatic heterocycles. The molecule has 3 heterocycles. The van der Waals surface area contributed by atoms with Gasteiger partial charge < -0.3 is 9.97 Å². The maximum atomic E-state index is 12.2. The van der Waals surface area contributed by atoms with Crippen molar-refractivity contribution in [1.82, 2.24) is 19.9 Å². The van der Waals surface area contributed by atoms with E-state index in [0.29, 0.717) is 12.4 Å². The minimum Gasteiger partial charge on any atom is -0.361 e. The van der Waals surface area contributed by atoms with Crippen LogP contribution in [0.4, 0.5) is 0 Å². The fourth-order valence-corrected chi connectivity index (χ4v) is 3.40. The third-order valence-electron chi connectivity index (χ3n) is 4.58. The van der Waals surface area contributed by atoms with Crippen molar-refractivity contribution in [3.8, 4) is 0 Å². The van der Waals surface area contributed by atoms with Crippen molar-refractivity contribution in [2.45, 2.75) is 33.4 Å². The normalized spacial score (nSPS) is 15.0. The van der Waals surface area contributed by atoms with Gasteiger partial charge in [-0.3, -0.25) is 9.69 Å². The van der Waals surface area contributed by atoms with Gasteiger partial charge in [-0.2, -0.15) is 0 Å². The number of aryl methyl sites for hydroxylation is 2. The van der Waals surface area contributed by atoms with Crippen molar-refractivity contribution in [3.63, 3.8) is 0 Å². The van der Waals surface area contributed by atoms with Crippen molar-refractivity contribution in [3.05, 3.63) is 63.0 Å². The predicted octanol–water partition coefficient (Wildman–Crippen LogP) is 2.43. The lowest BCUT2D eigenvalue weighted by Crippen LogP contribution is -2.35. The van der Waals surface area contributed by atoms with Gasteiger partial charge in [-0.25, -0.2) is 4.98 Å². The fraction of sp³-hybridized carbons (Fsp3) is 0.333. The van der Waals surface area contributed by atoms with Gasteiger partial charge in [-0.05, 0) is 31.5 Å². The van der Waals surface area contributed by atoms with Gasteiger partial charge in [-0.1, -0.05) is 11.6 Å². The number of fused-ring (bicyclic) bond motifs is 2. The number of hydrogen-bond donors (Lipinski definition) is 2. The molecule has 0 fully saturated rings. The maximum absolute atomic E-state index is 12.2. The number of nitrogens with one attached hydrogen (secondary N) is 2. The molecule has 0 radical (unpaired) electrons. The third kappa shape index (κ3) is 2.57. The van der Waals surface area contributed by atoms with Crippen LogP contribution in [0.5, 0.6) is 0 Å². The fourth-order valence-electron chi connectivity index (χ4n) is 3.40. The molecule has 0 spiro atoms. The Morgan fingerprint density at radius 3 is 3.04 bits per heavy atom. The first kappa shape index (κ1) is 14.2. The second-order valence-corrected chi connectivity index (χ2v) is 6.40. The summed E-state index contributed by atoms with van der Waals surface area (Å²) in [7, 11) is 0. The van der Waals surface area contributed by atoms with E-state index in [1.165, 1.54) is 16.5 Å². The summed E-state index contributed by atoms with van der Waals surface area (Å²) in [5.74, 6) is 0.703. The lowest BCUT2D eigenvalue weighted by molar-refractivity contribution is 0.242. The number of nitrogens with zero attached hydrogens (tertiary/aromatic N) is 2. The summed E-state index contributed by atoms with van der Waals surface area (Å²) in [4.78, 5) is 25.1. The van der Waals surface area contributed by atoms with E-state index >= 15 is 0 Å². The van der Waals surface area contributed by atoms with E-state index in [4.69, 9.17) is 0 Å². The summed E-state index contributed by atoms with van der Waals surface area (Å²) >= 11 is 0. The minimum atomic E-state index is 0.00645. The van der Waals surface area contributed by atoms with E-state index in [1.54, 1.807) is 0 Å². The molecule has 1 aromatic carbocycles. The molecular formula is C18H20N4O. The van der Waals surface area contributed by atoms with E-state index < -0.39 is 0 Å². The van der Waals surface area contributed by atoms with E-state index in [-0.39, 0.29) is 5.56 Å². The molecule has 0 bridgehead atoms. The SMILES string of the molecule is Cc1ccc2[nH]cc(CN3CCc4nc(C)[nH]c(=O)c4C3)c2c1. The largest absolute Gasteiger partial charge is 0.361 e. The first-order valence-corrected chi connectivity index (χ1v) is 7.98. The molecule has 0 unspecified atom stereocenters. The van der Waals surface area contributed by atoms with Crippen LogP contribution in [0.15, 0.2) is 29.2 Å². The monoisotopic (exact) mass is 308 g/mol. The molecule has 5 heteroatoms. The van der Waals surface area contributed by atoms with Gasteiger partial charge in [0.2, 0.25) is 0 Å². The van der Waals surface area contributed by atoms with Crippen LogP contribution in [0.3, 0.4) is 0 Å². The van der Waals surface area contributed by atoms with Crippen LogP contribution in [0.25, 0.3) is 10.9 Å². The zero-order valence-electron chi connectivity index (χ0n) is 13.4. The van der Waals surface area contributed by atoms with Gasteiger partial charge in [0, 0.05) is 43.2 Å². The van der Waals surface area contributed by atoms with Crippen LogP contribution < -0.4 is 5.56 Å². The lowest BCUT2D eigenvalue weighted by Gasteiger charge is -2.27. The molecule has 2 N–H and O–H groups in total. The average Bonchev–Trinajstić information content (AvgIpc) is 2.90. The highest BCUT2D eigenvalue weighted by molar-refractivity contribution is 5.83. The Balaban J connectivity index is 1.62. The Hall–Kier alpha value is -2.40. The molecular weight excluding hydrogens is 288 g/mol. The first-order chi connectivity index (χ1) is 11.1. The quantitative estimate of drug-likeness (QED) is 0.764. The molecule has 1 aliphatic rings. The van der Waals surface area contributed by atoms with E-state index in [2.05, 4.69) is 51.2 Å². The van der Waals surface area contributed by atoms with Gasteiger partial charge in [-0.15, -0.1) is 0 Å². The average molecular weight is 308 g/mol. The second kappa shape index (κ2) is 5.35. The summed E-state index contributed by atoms with van der Waals surface area (Å²) in [6, 6.07) is 6.46. The number of benzene rings is 1. The summed E-state index contributed by atoms with van der Waals surface area (Å²) in [5.41, 5.74) is 5.49. The van der Waals surface area contributed by atoms with Crippen molar-refractivity contribution in [2.24, 2.45) is 0 Å². The standard InChI is InChI=1S/C18H20N4O/c1-11-3-4-16-14(7-11)13(8-19-16)9-22-6-5-17-15(10-22)18(23)21-12(2)20-17/h3-4,7-8,19H,5-6,9-10H2,1-2H3,(H,20,21,23). The molecule has 0 saturated carbocycles. The van der Waals surface area contributed by atoms with E-state index in [0.717, 1.165) is 36.3 Å². The Kier molecular flexibility index (Phi) is 3.31. The Morgan fingerprint density at radius 1 is 1.30 bits per heavy atom. The maximum Gasteiger partial charge on any atom is 0.255 e. The summed E-state index contributed by atoms with van der Waals surface area (Å²) in [5, 5.41) is 1.27. The highest BCUT2D eigenvalue weighted by Gasteiger charge is 2.21. The van der Waals surface area contributed by atoms with Crippen LogP contribution in [0.1, 0.15) is 28.2 Å². The van der Waals surface area contributed by atoms with Crippen LogP contribution in [-0.4, -0.2) is 26.4 Å². The number of H-pyrrole nitrogens is 2. The number of aromatic amines is 2. The molecule has 0 saturated heterocycles. The van der Waals surface area contributed by atoms with Gasteiger partial charge in [0.05, 0.1) is 11.3 Å². The zero-order chi connectivity index (χ0) is 16.0. The number of rotatable bonds is 2. The molecule has 0 aliphatic carbocycles. The summed E-state index contributed by atoms with van der Waals surface area (Å²) < 4.78 is 0. The Labute approximate surface area is 134 Å². The van der Waals surface area contributed by atoms with Crippen molar-refractivity contribution < 1.29 is 0 Å². The number of aromatic nitrogens is 3. The molecule has 0 amide bonds. The Bertz CT molecular complexity index is 938. The van der Waals surface area contributed by atoms with Crippen molar-refractivity contribution in [1.29, 1.82) is 0 Å². The highest BCUT2D eigenvalue weighted by atomic mass is 16.1. The number of hydrogen-bond acceptors (Lipinski definition) is 3. The molecule has 118 valence electrons. The van der Waals surface area contributed by atoms with Gasteiger partial charge in [0.1, 0.15) is 5.82 Å². The van der Waals surface area contributed by atoms with Crippen LogP contribution >= 0.6 is 0 Å². The van der Waals surface area contributed by atoms with Crippen LogP contribution in [0.2, 0.25) is 0 Å². The predicted molar refractivity (Wildman–Crippen MR) is 90.4 cm³/mol. The molecule has 5 nitrogen and oxygen atoms in total. The minimum absolute atomic E-state index is 0.00645. The Morgan fingerprint density at radius 2 is 2.17 bits per heavy atom. The second-order valence-electron chi connectivity index (χ2n) is 6.40. The van der Waals surface area contributed by atoms with E-state index in [1.807, 2.05) is 6.92 Å². The molecule has 23 heavy (non-hydrogen) atoms. The van der Waals surface area contributed by atoms with Crippen molar-refractivity contribution in [2.75, 3.05) is 6.54 Å².